The lowest BCUT2D eigenvalue weighted by Gasteiger charge is -2.26. The zero-order valence-corrected chi connectivity index (χ0v) is 25.0. The van der Waals surface area contributed by atoms with Crippen molar-refractivity contribution in [1.29, 1.82) is 0 Å². The van der Waals surface area contributed by atoms with E-state index in [2.05, 4.69) is 20.9 Å². The van der Waals surface area contributed by atoms with Crippen LogP contribution in [0.1, 0.15) is 24.0 Å². The number of amides is 1. The molecule has 0 saturated carbocycles. The molecule has 0 aromatic heterocycles. The number of nitrogens with one attached hydrogen (secondary N) is 3. The molecule has 2 aliphatic rings. The lowest BCUT2D eigenvalue weighted by Crippen LogP contribution is -2.51. The summed E-state index contributed by atoms with van der Waals surface area (Å²) in [7, 11) is -4.08. The van der Waals surface area contributed by atoms with Crippen LogP contribution in [-0.4, -0.2) is 103 Å². The van der Waals surface area contributed by atoms with E-state index in [1.165, 1.54) is 12.1 Å². The van der Waals surface area contributed by atoms with E-state index in [9.17, 15) is 28.2 Å². The van der Waals surface area contributed by atoms with E-state index < -0.39 is 34.0 Å². The zero-order valence-electron chi connectivity index (χ0n) is 23.4. The van der Waals surface area contributed by atoms with Crippen molar-refractivity contribution < 1.29 is 33.0 Å². The Balaban J connectivity index is 1.32. The molecule has 2 saturated heterocycles. The third kappa shape index (κ3) is 8.16. The second-order valence-electron chi connectivity index (χ2n) is 10.4. The van der Waals surface area contributed by atoms with Crippen molar-refractivity contribution >= 4 is 44.9 Å². The number of aryl methyl sites for hydroxylation is 1. The zero-order chi connectivity index (χ0) is 30.3. The number of phenolic OH excluding ortho intramolecular Hbond substituents is 1. The Kier molecular flexibility index (Phi) is 10.7. The maximum Gasteiger partial charge on any atom is 0.326 e. The van der Waals surface area contributed by atoms with Crippen LogP contribution < -0.4 is 16.0 Å². The molecule has 0 bridgehead atoms. The minimum atomic E-state index is -4.08. The maximum atomic E-state index is 13.3. The van der Waals surface area contributed by atoms with E-state index >= 15 is 0 Å². The molecule has 2 heterocycles. The number of carboxylic acid groups (broad SMARTS) is 1. The van der Waals surface area contributed by atoms with Crippen molar-refractivity contribution in [2.45, 2.75) is 43.2 Å². The van der Waals surface area contributed by atoms with Crippen LogP contribution in [0.15, 0.2) is 47.4 Å². The molecule has 2 atom stereocenters. The number of sulfonamides is 1. The fraction of sp³-hybridized carbons (Fsp3) is 0.464. The number of benzene rings is 2. The van der Waals surface area contributed by atoms with Gasteiger partial charge in [-0.3, -0.25) is 9.69 Å². The smallest absolute Gasteiger partial charge is 0.326 e. The first-order valence-corrected chi connectivity index (χ1v) is 15.7. The number of carbonyl (C=O) groups excluding carboxylic acids is 1. The highest BCUT2D eigenvalue weighted by Gasteiger charge is 2.40. The van der Waals surface area contributed by atoms with Gasteiger partial charge in [0.05, 0.1) is 18.1 Å². The molecule has 2 fully saturated rings. The van der Waals surface area contributed by atoms with Gasteiger partial charge in [0.25, 0.3) is 0 Å². The minimum Gasteiger partial charge on any atom is -0.508 e. The van der Waals surface area contributed by atoms with Crippen molar-refractivity contribution in [2.24, 2.45) is 0 Å². The number of hydrogen-bond donors (Lipinski definition) is 5. The quantitative estimate of drug-likeness (QED) is 0.231. The molecule has 0 spiro atoms. The van der Waals surface area contributed by atoms with Crippen LogP contribution in [0.3, 0.4) is 0 Å². The highest BCUT2D eigenvalue weighted by atomic mass is 32.2. The first-order valence-electron chi connectivity index (χ1n) is 13.8. The molecule has 12 nitrogen and oxygen atoms in total. The normalized spacial score (nSPS) is 18.7. The Bertz CT molecular complexity index is 1380. The molecule has 1 amide bonds. The van der Waals surface area contributed by atoms with Crippen molar-refractivity contribution in [3.05, 3.63) is 53.6 Å². The van der Waals surface area contributed by atoms with E-state index in [-0.39, 0.29) is 30.0 Å². The van der Waals surface area contributed by atoms with E-state index in [0.717, 1.165) is 48.9 Å². The van der Waals surface area contributed by atoms with Crippen molar-refractivity contribution in [3.8, 4) is 5.75 Å². The van der Waals surface area contributed by atoms with Crippen LogP contribution in [0.5, 0.6) is 5.75 Å². The van der Waals surface area contributed by atoms with Crippen molar-refractivity contribution in [3.63, 3.8) is 0 Å². The summed E-state index contributed by atoms with van der Waals surface area (Å²) in [6.07, 6.45) is 0.718. The minimum absolute atomic E-state index is 0.00883. The van der Waals surface area contributed by atoms with Crippen molar-refractivity contribution in [2.75, 3.05) is 51.3 Å². The Morgan fingerprint density at radius 3 is 2.50 bits per heavy atom. The van der Waals surface area contributed by atoms with E-state index in [4.69, 9.17) is 17.0 Å². The number of anilines is 1. The lowest BCUT2D eigenvalue weighted by molar-refractivity contribution is -0.142. The van der Waals surface area contributed by atoms with Gasteiger partial charge in [0, 0.05) is 50.9 Å². The van der Waals surface area contributed by atoms with Gasteiger partial charge in [0.1, 0.15) is 17.8 Å². The van der Waals surface area contributed by atoms with Crippen molar-refractivity contribution in [1.82, 2.24) is 19.8 Å². The fourth-order valence-corrected chi connectivity index (χ4v) is 6.83. The summed E-state index contributed by atoms with van der Waals surface area (Å²) >= 11 is 5.37. The number of rotatable bonds is 11. The Morgan fingerprint density at radius 2 is 1.83 bits per heavy atom. The van der Waals surface area contributed by atoms with Gasteiger partial charge in [-0.15, -0.1) is 0 Å². The van der Waals surface area contributed by atoms with Gasteiger partial charge in [-0.1, -0.05) is 18.2 Å². The first kappa shape index (κ1) is 31.6. The summed E-state index contributed by atoms with van der Waals surface area (Å²) in [6.45, 7) is 6.59. The summed E-state index contributed by atoms with van der Waals surface area (Å²) in [4.78, 5) is 27.4. The summed E-state index contributed by atoms with van der Waals surface area (Å²) in [5.74, 6) is -2.07. The summed E-state index contributed by atoms with van der Waals surface area (Å²) in [5.41, 5.74) is 1.93. The van der Waals surface area contributed by atoms with Gasteiger partial charge in [0.2, 0.25) is 15.9 Å². The molecule has 4 rings (SSSR count). The third-order valence-corrected chi connectivity index (χ3v) is 9.53. The summed E-state index contributed by atoms with van der Waals surface area (Å²) < 4.78 is 32.9. The highest BCUT2D eigenvalue weighted by molar-refractivity contribution is 7.89. The predicted octanol–water partition coefficient (Wildman–Crippen LogP) is 1.28. The van der Waals surface area contributed by atoms with Gasteiger partial charge in [-0.25, -0.2) is 13.2 Å². The average molecular weight is 620 g/mol. The number of hydrogen-bond acceptors (Lipinski definition) is 8. The Morgan fingerprint density at radius 1 is 1.12 bits per heavy atom. The van der Waals surface area contributed by atoms with Crippen LogP contribution in [0, 0.1) is 6.92 Å². The molecule has 2 aromatic carbocycles. The summed E-state index contributed by atoms with van der Waals surface area (Å²) in [5, 5.41) is 29.1. The van der Waals surface area contributed by atoms with E-state index in [0.29, 0.717) is 29.2 Å². The standard InChI is InChI=1S/C28H37N5O7S2/c1-19-4-9-22(18-25(19)34)42(38,39)33-11-2-3-24(33)26(35)31-23(27(36)37)17-20-5-7-21(8-6-20)30-28(41)29-10-12-32-13-15-40-16-14-32/h4-9,18,23-24,34H,2-3,10-17H2,1H3,(H,31,35)(H,36,37)(H2,29,30,41)/t23-,24-/m0/s1. The lowest BCUT2D eigenvalue weighted by atomic mass is 10.0. The van der Waals surface area contributed by atoms with Gasteiger partial charge in [-0.05, 0) is 61.3 Å². The van der Waals surface area contributed by atoms with Crippen LogP contribution in [-0.2, 0) is 30.8 Å². The monoisotopic (exact) mass is 619 g/mol. The maximum absolute atomic E-state index is 13.3. The number of morpholine rings is 1. The third-order valence-electron chi connectivity index (χ3n) is 7.38. The summed E-state index contributed by atoms with van der Waals surface area (Å²) in [6, 6.07) is 8.76. The predicted molar refractivity (Wildman–Crippen MR) is 161 cm³/mol. The topological polar surface area (TPSA) is 161 Å². The number of ether oxygens (including phenoxy) is 1. The largest absolute Gasteiger partial charge is 0.508 e. The highest BCUT2D eigenvalue weighted by Crippen LogP contribution is 2.29. The van der Waals surface area contributed by atoms with Crippen LogP contribution >= 0.6 is 12.2 Å². The molecular weight excluding hydrogens is 582 g/mol. The van der Waals surface area contributed by atoms with Gasteiger partial charge in [0.15, 0.2) is 5.11 Å². The van der Waals surface area contributed by atoms with Crippen LogP contribution in [0.4, 0.5) is 5.69 Å². The van der Waals surface area contributed by atoms with Crippen LogP contribution in [0.25, 0.3) is 0 Å². The number of aromatic hydroxyl groups is 1. The SMILES string of the molecule is Cc1ccc(S(=O)(=O)N2CCC[C@H]2C(=O)N[C@@H](Cc2ccc(NC(=S)NCCN3CCOCC3)cc2)C(=O)O)cc1O. The fourth-order valence-electron chi connectivity index (χ4n) is 4.93. The molecule has 2 aliphatic heterocycles. The number of thiocarbonyl (C=S) groups is 1. The average Bonchev–Trinajstić information content (AvgIpc) is 3.47. The molecule has 14 heteroatoms. The number of nitrogens with zero attached hydrogens (tertiary/aromatic N) is 2. The second-order valence-corrected chi connectivity index (χ2v) is 12.7. The second kappa shape index (κ2) is 14.2. The number of carboxylic acids is 1. The molecule has 5 N–H and O–H groups in total. The van der Waals surface area contributed by atoms with E-state index in [1.807, 2.05) is 0 Å². The van der Waals surface area contributed by atoms with Crippen LogP contribution in [0.2, 0.25) is 0 Å². The first-order chi connectivity index (χ1) is 20.0. The molecule has 228 valence electrons. The Hall–Kier alpha value is -3.30. The van der Waals surface area contributed by atoms with E-state index in [1.54, 1.807) is 31.2 Å². The Labute approximate surface area is 251 Å². The van der Waals surface area contributed by atoms with Gasteiger partial charge >= 0.3 is 5.97 Å². The molecule has 0 unspecified atom stereocenters. The molecule has 42 heavy (non-hydrogen) atoms. The molecular formula is C28H37N5O7S2. The number of aliphatic carboxylic acids is 1. The molecule has 2 aromatic rings. The molecule has 0 radical (unpaired) electrons. The molecule has 0 aliphatic carbocycles. The van der Waals surface area contributed by atoms with Gasteiger partial charge in [-0.2, -0.15) is 4.31 Å². The van der Waals surface area contributed by atoms with Gasteiger partial charge < -0.3 is 30.9 Å². The number of phenols is 1. The number of carbonyl (C=O) groups is 2.